The summed E-state index contributed by atoms with van der Waals surface area (Å²) in [5, 5.41) is 4.79. The highest BCUT2D eigenvalue weighted by atomic mass is 16.3. The number of hydrogen-bond donors (Lipinski definition) is 0. The lowest BCUT2D eigenvalue weighted by Gasteiger charge is -2.61. The van der Waals surface area contributed by atoms with Crippen molar-refractivity contribution in [2.45, 2.75) is 37.5 Å². The van der Waals surface area contributed by atoms with Gasteiger partial charge in [0, 0.05) is 39.3 Å². The quantitative estimate of drug-likeness (QED) is 0.185. The van der Waals surface area contributed by atoms with E-state index in [-0.39, 0.29) is 5.41 Å². The van der Waals surface area contributed by atoms with Crippen LogP contribution >= 0.6 is 0 Å². The van der Waals surface area contributed by atoms with Crippen molar-refractivity contribution in [1.29, 1.82) is 0 Å². The molecule has 0 aliphatic heterocycles. The van der Waals surface area contributed by atoms with E-state index in [4.69, 9.17) is 4.42 Å². The molecule has 2 nitrogen and oxygen atoms in total. The van der Waals surface area contributed by atoms with Crippen molar-refractivity contribution in [1.82, 2.24) is 0 Å². The van der Waals surface area contributed by atoms with E-state index in [9.17, 15) is 0 Å². The molecule has 8 aromatic rings. The highest BCUT2D eigenvalue weighted by Gasteiger charge is 2.61. The summed E-state index contributed by atoms with van der Waals surface area (Å²) in [6.45, 7) is 0. The number of nitrogens with zero attached hydrogens (tertiary/aromatic N) is 1. The fourth-order valence-corrected chi connectivity index (χ4v) is 11.9. The topological polar surface area (TPSA) is 16.4 Å². The molecule has 1 spiro atoms. The van der Waals surface area contributed by atoms with Crippen molar-refractivity contribution in [2.24, 2.45) is 23.7 Å². The second-order valence-corrected chi connectivity index (χ2v) is 16.1. The summed E-state index contributed by atoms with van der Waals surface area (Å²) < 4.78 is 6.47. The molecule has 1 aromatic heterocycles. The van der Waals surface area contributed by atoms with E-state index < -0.39 is 0 Å². The van der Waals surface area contributed by atoms with Crippen molar-refractivity contribution < 1.29 is 4.42 Å². The van der Waals surface area contributed by atoms with Crippen molar-refractivity contribution in [3.8, 4) is 22.3 Å². The van der Waals surface area contributed by atoms with Crippen LogP contribution in [0.1, 0.15) is 43.2 Å². The summed E-state index contributed by atoms with van der Waals surface area (Å²) in [6.07, 6.45) is 6.98. The predicted molar refractivity (Wildman–Crippen MR) is 215 cm³/mol. The number of furan rings is 1. The molecule has 0 unspecified atom stereocenters. The van der Waals surface area contributed by atoms with Gasteiger partial charge in [0.15, 0.2) is 0 Å². The van der Waals surface area contributed by atoms with E-state index in [1.54, 1.807) is 11.1 Å². The van der Waals surface area contributed by atoms with Gasteiger partial charge in [-0.1, -0.05) is 103 Å². The molecule has 0 amide bonds. The maximum absolute atomic E-state index is 6.47. The largest absolute Gasteiger partial charge is 0.456 e. The van der Waals surface area contributed by atoms with Gasteiger partial charge in [0.2, 0.25) is 0 Å². The molecule has 4 saturated carbocycles. The molecule has 52 heavy (non-hydrogen) atoms. The lowest BCUT2D eigenvalue weighted by Crippen LogP contribution is -2.55. The van der Waals surface area contributed by atoms with Gasteiger partial charge in [-0.2, -0.15) is 0 Å². The summed E-state index contributed by atoms with van der Waals surface area (Å²) in [6, 6.07) is 56.5. The van der Waals surface area contributed by atoms with Crippen molar-refractivity contribution in [2.75, 3.05) is 4.90 Å². The van der Waals surface area contributed by atoms with Gasteiger partial charge in [-0.05, 0) is 142 Å². The standard InChI is InChI=1S/C50H39NO/c1-2-10-34(11-3-1)41-14-8-15-46-49(41)44-29-39(20-22-45(44)50(46)36-24-31-23-32(26-36)27-37(50)25-31)51(38-18-17-33-9-4-5-12-35(33)28-38)40-19-21-43-42-13-6-7-16-47(42)52-48(43)30-40/h1-22,28-32,36-37H,23-27H2. The Balaban J connectivity index is 1.11. The third-order valence-electron chi connectivity index (χ3n) is 13.6. The van der Waals surface area contributed by atoms with E-state index in [2.05, 4.69) is 157 Å². The molecule has 0 atom stereocenters. The van der Waals surface area contributed by atoms with Crippen molar-refractivity contribution in [3.63, 3.8) is 0 Å². The normalized spacial score (nSPS) is 23.8. The van der Waals surface area contributed by atoms with Gasteiger partial charge in [0.1, 0.15) is 11.2 Å². The van der Waals surface area contributed by atoms with Crippen LogP contribution < -0.4 is 4.90 Å². The second kappa shape index (κ2) is 10.7. The summed E-state index contributed by atoms with van der Waals surface area (Å²) in [4.78, 5) is 2.45. The summed E-state index contributed by atoms with van der Waals surface area (Å²) >= 11 is 0. The smallest absolute Gasteiger partial charge is 0.137 e. The molecular weight excluding hydrogens is 631 g/mol. The molecule has 0 N–H and O–H groups in total. The minimum Gasteiger partial charge on any atom is -0.456 e. The molecule has 5 aliphatic rings. The van der Waals surface area contributed by atoms with Gasteiger partial charge in [0.25, 0.3) is 0 Å². The fourth-order valence-electron chi connectivity index (χ4n) is 11.9. The number of benzene rings is 7. The maximum atomic E-state index is 6.47. The molecule has 0 radical (unpaired) electrons. The first kappa shape index (κ1) is 29.0. The average Bonchev–Trinajstić information content (AvgIpc) is 3.70. The lowest BCUT2D eigenvalue weighted by molar-refractivity contribution is -0.0399. The lowest BCUT2D eigenvalue weighted by atomic mass is 9.43. The van der Waals surface area contributed by atoms with Crippen LogP contribution in [0.25, 0.3) is 55.0 Å². The number of anilines is 3. The Kier molecular flexibility index (Phi) is 5.98. The minimum absolute atomic E-state index is 0.0996. The van der Waals surface area contributed by atoms with Gasteiger partial charge in [-0.15, -0.1) is 0 Å². The first-order chi connectivity index (χ1) is 25.7. The fraction of sp³-hybridized carbons (Fsp3) is 0.200. The molecule has 0 saturated heterocycles. The van der Waals surface area contributed by atoms with Gasteiger partial charge in [-0.25, -0.2) is 0 Å². The Morgan fingerprint density at radius 2 is 1.13 bits per heavy atom. The monoisotopic (exact) mass is 669 g/mol. The summed E-state index contributed by atoms with van der Waals surface area (Å²) in [5.41, 5.74) is 14.1. The van der Waals surface area contributed by atoms with Crippen LogP contribution in [0.4, 0.5) is 17.1 Å². The average molecular weight is 670 g/mol. The zero-order chi connectivity index (χ0) is 34.0. The van der Waals surface area contributed by atoms with E-state index in [1.807, 2.05) is 0 Å². The SMILES string of the molecule is c1ccc(-c2cccc3c2-c2cc(N(c4ccc5ccccc5c4)c4ccc5c(c4)oc4ccccc45)ccc2C32C3CC4CC(C3)CC2C4)cc1. The van der Waals surface area contributed by atoms with Crippen LogP contribution in [-0.2, 0) is 5.41 Å². The van der Waals surface area contributed by atoms with Crippen LogP contribution in [0.15, 0.2) is 156 Å². The molecular formula is C50H39NO. The van der Waals surface area contributed by atoms with E-state index in [0.717, 1.165) is 45.1 Å². The third-order valence-corrected chi connectivity index (χ3v) is 13.6. The Labute approximate surface area is 304 Å². The molecule has 5 aliphatic carbocycles. The number of hydrogen-bond acceptors (Lipinski definition) is 2. The van der Waals surface area contributed by atoms with Crippen LogP contribution in [0.3, 0.4) is 0 Å². The molecule has 1 heterocycles. The molecule has 13 rings (SSSR count). The van der Waals surface area contributed by atoms with Gasteiger partial charge in [0.05, 0.1) is 0 Å². The molecule has 4 bridgehead atoms. The summed E-state index contributed by atoms with van der Waals surface area (Å²) in [7, 11) is 0. The Morgan fingerprint density at radius 1 is 0.462 bits per heavy atom. The Hall–Kier alpha value is -5.60. The van der Waals surface area contributed by atoms with Crippen LogP contribution in [0.5, 0.6) is 0 Å². The van der Waals surface area contributed by atoms with E-state index in [1.165, 1.54) is 70.8 Å². The van der Waals surface area contributed by atoms with E-state index in [0.29, 0.717) is 11.8 Å². The third kappa shape index (κ3) is 3.96. The van der Waals surface area contributed by atoms with Crippen LogP contribution in [0.2, 0.25) is 0 Å². The zero-order valence-electron chi connectivity index (χ0n) is 29.1. The van der Waals surface area contributed by atoms with Gasteiger partial charge >= 0.3 is 0 Å². The number of rotatable bonds is 4. The molecule has 7 aromatic carbocycles. The van der Waals surface area contributed by atoms with Crippen LogP contribution in [-0.4, -0.2) is 0 Å². The Morgan fingerprint density at radius 3 is 1.98 bits per heavy atom. The predicted octanol–water partition coefficient (Wildman–Crippen LogP) is 13.6. The summed E-state index contributed by atoms with van der Waals surface area (Å²) in [5.74, 6) is 3.25. The first-order valence-electron chi connectivity index (χ1n) is 19.3. The molecule has 250 valence electrons. The van der Waals surface area contributed by atoms with Gasteiger partial charge < -0.3 is 9.32 Å². The van der Waals surface area contributed by atoms with Crippen molar-refractivity contribution in [3.05, 3.63) is 163 Å². The number of fused-ring (bicyclic) bond motifs is 7. The highest BCUT2D eigenvalue weighted by Crippen LogP contribution is 2.70. The maximum Gasteiger partial charge on any atom is 0.137 e. The number of para-hydroxylation sites is 1. The first-order valence-corrected chi connectivity index (χ1v) is 19.3. The second-order valence-electron chi connectivity index (χ2n) is 16.1. The highest BCUT2D eigenvalue weighted by molar-refractivity contribution is 6.06. The zero-order valence-corrected chi connectivity index (χ0v) is 29.1. The molecule has 2 heteroatoms. The van der Waals surface area contributed by atoms with E-state index >= 15 is 0 Å². The van der Waals surface area contributed by atoms with Gasteiger partial charge in [-0.3, -0.25) is 0 Å². The Bertz CT molecular complexity index is 2690. The van der Waals surface area contributed by atoms with Crippen molar-refractivity contribution >= 4 is 49.8 Å². The minimum atomic E-state index is 0.0996. The van der Waals surface area contributed by atoms with Crippen LogP contribution in [0, 0.1) is 23.7 Å². The molecule has 4 fully saturated rings.